The van der Waals surface area contributed by atoms with Crippen molar-refractivity contribution in [1.82, 2.24) is 4.90 Å². The molecule has 0 unspecified atom stereocenters. The average Bonchev–Trinajstić information content (AvgIpc) is 2.67. The summed E-state index contributed by atoms with van der Waals surface area (Å²) in [6.45, 7) is 2.76. The average molecular weight is 337 g/mol. The van der Waals surface area contributed by atoms with Crippen molar-refractivity contribution in [3.8, 4) is 5.75 Å². The SMILES string of the molecule is COc1ccc2c(c1)CN(C)CCN2c1ccc(Cl)c(Cl)c1. The summed E-state index contributed by atoms with van der Waals surface area (Å²) >= 11 is 12.2. The van der Waals surface area contributed by atoms with Gasteiger partial charge in [-0.1, -0.05) is 23.2 Å². The van der Waals surface area contributed by atoms with E-state index >= 15 is 0 Å². The fourth-order valence-electron chi connectivity index (χ4n) is 2.76. The van der Waals surface area contributed by atoms with E-state index in [1.165, 1.54) is 11.3 Å². The van der Waals surface area contributed by atoms with Gasteiger partial charge in [0.1, 0.15) is 5.75 Å². The van der Waals surface area contributed by atoms with E-state index in [1.807, 2.05) is 24.3 Å². The summed E-state index contributed by atoms with van der Waals surface area (Å²) in [5, 5.41) is 1.15. The van der Waals surface area contributed by atoms with Crippen LogP contribution in [0.4, 0.5) is 11.4 Å². The summed E-state index contributed by atoms with van der Waals surface area (Å²) < 4.78 is 5.36. The minimum absolute atomic E-state index is 0.576. The van der Waals surface area contributed by atoms with Crippen molar-refractivity contribution in [2.24, 2.45) is 0 Å². The Bertz CT molecular complexity index is 690. The molecule has 22 heavy (non-hydrogen) atoms. The molecule has 1 aliphatic rings. The van der Waals surface area contributed by atoms with Crippen LogP contribution in [0.5, 0.6) is 5.75 Å². The first-order valence-corrected chi connectivity index (χ1v) is 7.92. The number of anilines is 2. The molecule has 0 N–H and O–H groups in total. The highest BCUT2D eigenvalue weighted by atomic mass is 35.5. The molecule has 1 heterocycles. The number of halogens is 2. The molecule has 2 aromatic rings. The minimum atomic E-state index is 0.576. The predicted octanol–water partition coefficient (Wildman–Crippen LogP) is 4.59. The Balaban J connectivity index is 2.07. The summed E-state index contributed by atoms with van der Waals surface area (Å²) in [4.78, 5) is 4.58. The van der Waals surface area contributed by atoms with E-state index < -0.39 is 0 Å². The Morgan fingerprint density at radius 3 is 2.55 bits per heavy atom. The third kappa shape index (κ3) is 3.02. The number of nitrogens with zero attached hydrogens (tertiary/aromatic N) is 2. The third-order valence-corrected chi connectivity index (χ3v) is 4.68. The molecular formula is C17H18Cl2N2O. The van der Waals surface area contributed by atoms with E-state index in [-0.39, 0.29) is 0 Å². The van der Waals surface area contributed by atoms with Crippen molar-refractivity contribution in [1.29, 1.82) is 0 Å². The van der Waals surface area contributed by atoms with Crippen LogP contribution in [0.1, 0.15) is 5.56 Å². The van der Waals surface area contributed by atoms with E-state index in [4.69, 9.17) is 27.9 Å². The van der Waals surface area contributed by atoms with Gasteiger partial charge in [-0.15, -0.1) is 0 Å². The highest BCUT2D eigenvalue weighted by Gasteiger charge is 2.20. The van der Waals surface area contributed by atoms with Gasteiger partial charge in [0, 0.05) is 31.0 Å². The predicted molar refractivity (Wildman–Crippen MR) is 92.8 cm³/mol. The number of ether oxygens (including phenoxy) is 1. The van der Waals surface area contributed by atoms with Gasteiger partial charge in [0.25, 0.3) is 0 Å². The molecule has 0 atom stereocenters. The second-order valence-corrected chi connectivity index (χ2v) is 6.30. The van der Waals surface area contributed by atoms with Crippen LogP contribution in [0.15, 0.2) is 36.4 Å². The number of rotatable bonds is 2. The smallest absolute Gasteiger partial charge is 0.119 e. The van der Waals surface area contributed by atoms with Crippen LogP contribution < -0.4 is 9.64 Å². The van der Waals surface area contributed by atoms with Gasteiger partial charge in [-0.25, -0.2) is 0 Å². The fraction of sp³-hybridized carbons (Fsp3) is 0.294. The van der Waals surface area contributed by atoms with E-state index in [2.05, 4.69) is 29.0 Å². The summed E-state index contributed by atoms with van der Waals surface area (Å²) in [5.74, 6) is 0.878. The maximum Gasteiger partial charge on any atom is 0.119 e. The number of fused-ring (bicyclic) bond motifs is 1. The van der Waals surface area contributed by atoms with Crippen molar-refractivity contribution in [3.05, 3.63) is 52.0 Å². The van der Waals surface area contributed by atoms with E-state index in [0.29, 0.717) is 10.0 Å². The van der Waals surface area contributed by atoms with Gasteiger partial charge in [0.05, 0.1) is 17.2 Å². The highest BCUT2D eigenvalue weighted by molar-refractivity contribution is 6.42. The molecule has 5 heteroatoms. The summed E-state index contributed by atoms with van der Waals surface area (Å²) in [7, 11) is 3.82. The van der Waals surface area contributed by atoms with Crippen LogP contribution in [-0.2, 0) is 6.54 Å². The number of hydrogen-bond acceptors (Lipinski definition) is 3. The second-order valence-electron chi connectivity index (χ2n) is 5.48. The first-order valence-electron chi connectivity index (χ1n) is 7.16. The van der Waals surface area contributed by atoms with E-state index in [1.54, 1.807) is 7.11 Å². The van der Waals surface area contributed by atoms with Crippen molar-refractivity contribution >= 4 is 34.6 Å². The lowest BCUT2D eigenvalue weighted by atomic mass is 10.1. The molecule has 0 aromatic heterocycles. The van der Waals surface area contributed by atoms with E-state index in [0.717, 1.165) is 31.1 Å². The zero-order valence-corrected chi connectivity index (χ0v) is 14.2. The van der Waals surface area contributed by atoms with Crippen LogP contribution in [0, 0.1) is 0 Å². The van der Waals surface area contributed by atoms with Gasteiger partial charge in [0.2, 0.25) is 0 Å². The van der Waals surface area contributed by atoms with Crippen molar-refractivity contribution in [2.45, 2.75) is 6.54 Å². The fourth-order valence-corrected chi connectivity index (χ4v) is 3.05. The summed E-state index contributed by atoms with van der Waals surface area (Å²) in [6, 6.07) is 12.0. The minimum Gasteiger partial charge on any atom is -0.497 e. The van der Waals surface area contributed by atoms with Crippen LogP contribution in [0.25, 0.3) is 0 Å². The molecule has 3 nitrogen and oxygen atoms in total. The summed E-state index contributed by atoms with van der Waals surface area (Å²) in [5.41, 5.74) is 3.48. The molecule has 0 saturated heterocycles. The number of likely N-dealkylation sites (N-methyl/N-ethyl adjacent to an activating group) is 1. The Labute approximate surface area is 141 Å². The molecule has 0 amide bonds. The van der Waals surface area contributed by atoms with Crippen LogP contribution in [-0.4, -0.2) is 32.1 Å². The van der Waals surface area contributed by atoms with Crippen LogP contribution in [0.3, 0.4) is 0 Å². The molecule has 3 rings (SSSR count). The van der Waals surface area contributed by atoms with Crippen LogP contribution >= 0.6 is 23.2 Å². The van der Waals surface area contributed by atoms with Gasteiger partial charge >= 0.3 is 0 Å². The Morgan fingerprint density at radius 1 is 1.00 bits per heavy atom. The molecule has 0 saturated carbocycles. The molecule has 0 radical (unpaired) electrons. The molecule has 1 aliphatic heterocycles. The molecule has 0 aliphatic carbocycles. The van der Waals surface area contributed by atoms with Gasteiger partial charge in [0.15, 0.2) is 0 Å². The van der Waals surface area contributed by atoms with Gasteiger partial charge < -0.3 is 14.5 Å². The number of methoxy groups -OCH3 is 1. The topological polar surface area (TPSA) is 15.7 Å². The largest absolute Gasteiger partial charge is 0.497 e. The lowest BCUT2D eigenvalue weighted by Crippen LogP contribution is -2.26. The monoisotopic (exact) mass is 336 g/mol. The molecule has 116 valence electrons. The Kier molecular flexibility index (Phi) is 4.48. The molecule has 0 fully saturated rings. The van der Waals surface area contributed by atoms with Crippen molar-refractivity contribution in [3.63, 3.8) is 0 Å². The lowest BCUT2D eigenvalue weighted by molar-refractivity contribution is 0.342. The van der Waals surface area contributed by atoms with E-state index in [9.17, 15) is 0 Å². The van der Waals surface area contributed by atoms with Crippen molar-refractivity contribution < 1.29 is 4.74 Å². The lowest BCUT2D eigenvalue weighted by Gasteiger charge is -2.25. The summed E-state index contributed by atoms with van der Waals surface area (Å²) in [6.07, 6.45) is 0. The highest BCUT2D eigenvalue weighted by Crippen LogP contribution is 2.36. The van der Waals surface area contributed by atoms with Crippen LogP contribution in [0.2, 0.25) is 10.0 Å². The standard InChI is InChI=1S/C17H18Cl2N2O/c1-20-7-8-21(13-3-5-15(18)16(19)10-13)17-6-4-14(22-2)9-12(17)11-20/h3-6,9-10H,7-8,11H2,1-2H3. The normalized spacial score (nSPS) is 15.4. The van der Waals surface area contributed by atoms with Gasteiger partial charge in [-0.2, -0.15) is 0 Å². The maximum absolute atomic E-state index is 6.19. The zero-order valence-electron chi connectivity index (χ0n) is 12.6. The third-order valence-electron chi connectivity index (χ3n) is 3.94. The zero-order chi connectivity index (χ0) is 15.7. The number of hydrogen-bond donors (Lipinski definition) is 0. The first-order chi connectivity index (χ1) is 10.6. The van der Waals surface area contributed by atoms with Gasteiger partial charge in [-0.3, -0.25) is 0 Å². The molecular weight excluding hydrogens is 319 g/mol. The maximum atomic E-state index is 6.19. The van der Waals surface area contributed by atoms with Gasteiger partial charge in [-0.05, 0) is 49.0 Å². The molecule has 2 aromatic carbocycles. The molecule has 0 bridgehead atoms. The molecule has 0 spiro atoms. The second kappa shape index (κ2) is 6.37. The Hall–Kier alpha value is -1.42. The number of benzene rings is 2. The van der Waals surface area contributed by atoms with Crippen molar-refractivity contribution in [2.75, 3.05) is 32.1 Å². The first kappa shape index (κ1) is 15.5. The quantitative estimate of drug-likeness (QED) is 0.797. The Morgan fingerprint density at radius 2 is 1.82 bits per heavy atom.